The van der Waals surface area contributed by atoms with Gasteiger partial charge in [-0.1, -0.05) is 4.98 Å². The standard InChI is InChI=1S/C9H13N5O/c1-9(2,3)15-8-13-5-6(10)11-4-12-7(5)14-8/h4H,1-3H3,(H3,10,11,12,13,14)/p+1. The second-order valence-electron chi connectivity index (χ2n) is 4.27. The summed E-state index contributed by atoms with van der Waals surface area (Å²) in [5.74, 6) is 0.403. The number of hydrogen-bond acceptors (Lipinski definition) is 4. The Labute approximate surface area is 86.9 Å². The molecule has 0 aliphatic heterocycles. The van der Waals surface area contributed by atoms with Crippen molar-refractivity contribution in [2.75, 3.05) is 5.73 Å². The Morgan fingerprint density at radius 3 is 2.80 bits per heavy atom. The summed E-state index contributed by atoms with van der Waals surface area (Å²) in [6, 6.07) is 0.438. The van der Waals surface area contributed by atoms with Crippen LogP contribution in [0.15, 0.2) is 6.33 Å². The molecule has 80 valence electrons. The molecule has 0 saturated heterocycles. The molecule has 0 unspecified atom stereocenters. The number of ether oxygens (including phenoxy) is 1. The molecule has 6 nitrogen and oxygen atoms in total. The third kappa shape index (κ3) is 1.98. The third-order valence-corrected chi connectivity index (χ3v) is 1.75. The number of H-pyrrole nitrogens is 2. The predicted octanol–water partition coefficient (Wildman–Crippen LogP) is 0.532. The van der Waals surface area contributed by atoms with Crippen molar-refractivity contribution in [2.45, 2.75) is 26.4 Å². The highest BCUT2D eigenvalue weighted by atomic mass is 16.5. The van der Waals surface area contributed by atoms with Crippen molar-refractivity contribution in [3.05, 3.63) is 6.33 Å². The molecule has 0 aliphatic carbocycles. The van der Waals surface area contributed by atoms with Crippen molar-refractivity contribution >= 4 is 17.0 Å². The highest BCUT2D eigenvalue weighted by Crippen LogP contribution is 2.19. The maximum Gasteiger partial charge on any atom is 0.373 e. The molecular weight excluding hydrogens is 194 g/mol. The normalized spacial score (nSPS) is 11.9. The zero-order chi connectivity index (χ0) is 11.1. The van der Waals surface area contributed by atoms with E-state index in [4.69, 9.17) is 10.5 Å². The fraction of sp³-hybridized carbons (Fsp3) is 0.444. The van der Waals surface area contributed by atoms with Crippen molar-refractivity contribution in [1.29, 1.82) is 0 Å². The van der Waals surface area contributed by atoms with E-state index < -0.39 is 0 Å². The van der Waals surface area contributed by atoms with Crippen LogP contribution in [0.3, 0.4) is 0 Å². The third-order valence-electron chi connectivity index (χ3n) is 1.75. The SMILES string of the molecule is CC(C)(C)Oc1nc2[nH+]cnc(N)c2[nH]1. The molecule has 15 heavy (non-hydrogen) atoms. The Morgan fingerprint density at radius 2 is 2.20 bits per heavy atom. The molecule has 6 heteroatoms. The Morgan fingerprint density at radius 1 is 1.47 bits per heavy atom. The van der Waals surface area contributed by atoms with Crippen molar-refractivity contribution in [1.82, 2.24) is 15.0 Å². The molecular formula is C9H14N5O+. The summed E-state index contributed by atoms with van der Waals surface area (Å²) >= 11 is 0. The number of imidazole rings is 1. The van der Waals surface area contributed by atoms with Gasteiger partial charge in [0.1, 0.15) is 5.60 Å². The molecule has 4 N–H and O–H groups in total. The van der Waals surface area contributed by atoms with Gasteiger partial charge < -0.3 is 10.5 Å². The molecule has 2 aromatic heterocycles. The Hall–Kier alpha value is -1.85. The molecule has 0 aromatic carbocycles. The van der Waals surface area contributed by atoms with E-state index >= 15 is 0 Å². The van der Waals surface area contributed by atoms with E-state index in [-0.39, 0.29) is 5.60 Å². The monoisotopic (exact) mass is 208 g/mol. The first kappa shape index (κ1) is 9.70. The fourth-order valence-corrected chi connectivity index (χ4v) is 1.21. The fourth-order valence-electron chi connectivity index (χ4n) is 1.21. The van der Waals surface area contributed by atoms with E-state index in [0.29, 0.717) is 23.0 Å². The summed E-state index contributed by atoms with van der Waals surface area (Å²) in [4.78, 5) is 14.0. The van der Waals surface area contributed by atoms with Crippen LogP contribution in [0.4, 0.5) is 5.82 Å². The molecule has 0 atom stereocenters. The lowest BCUT2D eigenvalue weighted by Crippen LogP contribution is -2.23. The van der Waals surface area contributed by atoms with Crippen LogP contribution < -0.4 is 15.5 Å². The minimum Gasteiger partial charge on any atom is -0.447 e. The van der Waals surface area contributed by atoms with Gasteiger partial charge in [-0.05, 0) is 25.8 Å². The van der Waals surface area contributed by atoms with Crippen molar-refractivity contribution in [3.63, 3.8) is 0 Å². The highest BCUT2D eigenvalue weighted by molar-refractivity contribution is 5.79. The van der Waals surface area contributed by atoms with Crippen LogP contribution in [-0.2, 0) is 0 Å². The summed E-state index contributed by atoms with van der Waals surface area (Å²) in [5.41, 5.74) is 6.68. The van der Waals surface area contributed by atoms with Crippen LogP contribution in [0, 0.1) is 0 Å². The number of hydrogen-bond donors (Lipinski definition) is 2. The van der Waals surface area contributed by atoms with Crippen LogP contribution in [-0.4, -0.2) is 20.6 Å². The highest BCUT2D eigenvalue weighted by Gasteiger charge is 2.19. The number of rotatable bonds is 1. The zero-order valence-corrected chi connectivity index (χ0v) is 8.96. The number of anilines is 1. The van der Waals surface area contributed by atoms with E-state index in [1.165, 1.54) is 6.33 Å². The summed E-state index contributed by atoms with van der Waals surface area (Å²) in [5, 5.41) is 0. The van der Waals surface area contributed by atoms with E-state index in [1.54, 1.807) is 0 Å². The van der Waals surface area contributed by atoms with E-state index in [0.717, 1.165) is 0 Å². The van der Waals surface area contributed by atoms with Gasteiger partial charge in [0.2, 0.25) is 12.1 Å². The van der Waals surface area contributed by atoms with Gasteiger partial charge in [0.15, 0.2) is 5.52 Å². The van der Waals surface area contributed by atoms with Crippen LogP contribution in [0.5, 0.6) is 6.01 Å². The zero-order valence-electron chi connectivity index (χ0n) is 8.96. The summed E-state index contributed by atoms with van der Waals surface area (Å²) in [6.45, 7) is 5.85. The minimum absolute atomic E-state index is 0.296. The smallest absolute Gasteiger partial charge is 0.373 e. The lowest BCUT2D eigenvalue weighted by Gasteiger charge is -2.16. The van der Waals surface area contributed by atoms with Crippen molar-refractivity contribution in [3.8, 4) is 6.01 Å². The number of fused-ring (bicyclic) bond motifs is 1. The molecule has 0 bridgehead atoms. The van der Waals surface area contributed by atoms with Crippen molar-refractivity contribution < 1.29 is 9.72 Å². The Balaban J connectivity index is 2.44. The van der Waals surface area contributed by atoms with Gasteiger partial charge in [-0.15, -0.1) is 0 Å². The Kier molecular flexibility index (Phi) is 1.99. The molecule has 0 amide bonds. The van der Waals surface area contributed by atoms with E-state index in [1.807, 2.05) is 20.8 Å². The maximum absolute atomic E-state index is 5.68. The number of aromatic nitrogens is 4. The van der Waals surface area contributed by atoms with E-state index in [2.05, 4.69) is 19.9 Å². The average molecular weight is 208 g/mol. The van der Waals surface area contributed by atoms with Gasteiger partial charge in [-0.2, -0.15) is 0 Å². The topological polar surface area (TPSA) is 91.0 Å². The predicted molar refractivity (Wildman–Crippen MR) is 55.2 cm³/mol. The minimum atomic E-state index is -0.296. The molecule has 0 spiro atoms. The largest absolute Gasteiger partial charge is 0.447 e. The number of nitrogens with two attached hydrogens (primary N) is 1. The second kappa shape index (κ2) is 3.08. The average Bonchev–Trinajstić information content (AvgIpc) is 2.45. The number of nitrogens with one attached hydrogen (secondary N) is 2. The maximum atomic E-state index is 5.68. The van der Waals surface area contributed by atoms with Gasteiger partial charge in [-0.3, -0.25) is 4.98 Å². The van der Waals surface area contributed by atoms with Gasteiger partial charge in [0.25, 0.3) is 5.65 Å². The molecule has 0 aliphatic rings. The number of nitrogen functional groups attached to an aromatic ring is 1. The summed E-state index contributed by atoms with van der Waals surface area (Å²) in [6.07, 6.45) is 1.50. The van der Waals surface area contributed by atoms with Gasteiger partial charge in [0.05, 0.1) is 0 Å². The lowest BCUT2D eigenvalue weighted by atomic mass is 10.2. The molecule has 2 rings (SSSR count). The van der Waals surface area contributed by atoms with Crippen LogP contribution >= 0.6 is 0 Å². The molecule has 0 fully saturated rings. The van der Waals surface area contributed by atoms with Gasteiger partial charge in [0, 0.05) is 0 Å². The van der Waals surface area contributed by atoms with Crippen LogP contribution in [0.2, 0.25) is 0 Å². The van der Waals surface area contributed by atoms with E-state index in [9.17, 15) is 0 Å². The first-order valence-corrected chi connectivity index (χ1v) is 4.66. The number of aromatic amines is 2. The molecule has 0 saturated carbocycles. The second-order valence-corrected chi connectivity index (χ2v) is 4.27. The number of nitrogens with zero attached hydrogens (tertiary/aromatic N) is 2. The van der Waals surface area contributed by atoms with Crippen LogP contribution in [0.1, 0.15) is 20.8 Å². The van der Waals surface area contributed by atoms with Gasteiger partial charge in [-0.25, -0.2) is 4.98 Å². The summed E-state index contributed by atoms with van der Waals surface area (Å²) in [7, 11) is 0. The first-order valence-electron chi connectivity index (χ1n) is 4.66. The van der Waals surface area contributed by atoms with Crippen molar-refractivity contribution in [2.24, 2.45) is 0 Å². The lowest BCUT2D eigenvalue weighted by molar-refractivity contribution is -0.352. The first-order chi connectivity index (χ1) is 6.96. The molecule has 0 radical (unpaired) electrons. The summed E-state index contributed by atoms with van der Waals surface area (Å²) < 4.78 is 5.57. The van der Waals surface area contributed by atoms with Crippen LogP contribution in [0.25, 0.3) is 11.2 Å². The van der Waals surface area contributed by atoms with Gasteiger partial charge >= 0.3 is 6.01 Å². The molecule has 2 heterocycles. The Bertz CT molecular complexity index is 485. The quantitative estimate of drug-likeness (QED) is 0.715. The molecule has 2 aromatic rings.